The van der Waals surface area contributed by atoms with Crippen LogP contribution in [0.1, 0.15) is 51.9 Å². The van der Waals surface area contributed by atoms with E-state index in [-0.39, 0.29) is 0 Å². The summed E-state index contributed by atoms with van der Waals surface area (Å²) >= 11 is 0. The molecule has 2 atom stereocenters. The molecule has 0 amide bonds. The smallest absolute Gasteiger partial charge is 0.0223 e. The van der Waals surface area contributed by atoms with Crippen molar-refractivity contribution in [2.45, 2.75) is 64.0 Å². The maximum absolute atomic E-state index is 3.81. The molecule has 1 heterocycles. The number of nitrogens with one attached hydrogen (secondary N) is 1. The van der Waals surface area contributed by atoms with E-state index in [4.69, 9.17) is 0 Å². The van der Waals surface area contributed by atoms with Crippen LogP contribution in [0.3, 0.4) is 0 Å². The second-order valence-corrected chi connectivity index (χ2v) is 5.79. The summed E-state index contributed by atoms with van der Waals surface area (Å²) in [7, 11) is 2.32. The average molecular weight is 224 g/mol. The first-order chi connectivity index (χ1) is 7.81. The topological polar surface area (TPSA) is 15.3 Å². The third-order valence-corrected chi connectivity index (χ3v) is 4.56. The minimum Gasteiger partial charge on any atom is -0.311 e. The normalized spacial score (nSPS) is 34.1. The Morgan fingerprint density at radius 1 is 1.19 bits per heavy atom. The van der Waals surface area contributed by atoms with Gasteiger partial charge in [0, 0.05) is 25.2 Å². The van der Waals surface area contributed by atoms with Gasteiger partial charge in [-0.2, -0.15) is 0 Å². The number of nitrogens with zero attached hydrogens (tertiary/aromatic N) is 1. The highest BCUT2D eigenvalue weighted by Crippen LogP contribution is 2.28. The van der Waals surface area contributed by atoms with E-state index in [1.807, 2.05) is 0 Å². The third kappa shape index (κ3) is 2.98. The molecule has 1 aliphatic carbocycles. The van der Waals surface area contributed by atoms with Crippen molar-refractivity contribution in [2.75, 3.05) is 20.1 Å². The predicted molar refractivity (Wildman–Crippen MR) is 69.7 cm³/mol. The molecule has 0 spiro atoms. The number of rotatable bonds is 3. The van der Waals surface area contributed by atoms with Gasteiger partial charge in [0.2, 0.25) is 0 Å². The standard InChI is InChI=1S/C14H28N2/c1-3-7-13-10-15-14(11-16(13)2)12-8-5-4-6-9-12/h12-15H,3-11H2,1-2H3. The lowest BCUT2D eigenvalue weighted by Gasteiger charge is -2.42. The van der Waals surface area contributed by atoms with Gasteiger partial charge in [0.1, 0.15) is 0 Å². The highest BCUT2D eigenvalue weighted by molar-refractivity contribution is 4.89. The highest BCUT2D eigenvalue weighted by atomic mass is 15.2. The van der Waals surface area contributed by atoms with Crippen molar-refractivity contribution in [1.82, 2.24) is 10.2 Å². The third-order valence-electron chi connectivity index (χ3n) is 4.56. The van der Waals surface area contributed by atoms with Gasteiger partial charge in [0.15, 0.2) is 0 Å². The SMILES string of the molecule is CCCC1CNC(C2CCCCC2)CN1C. The van der Waals surface area contributed by atoms with Gasteiger partial charge in [-0.05, 0) is 32.2 Å². The fraction of sp³-hybridized carbons (Fsp3) is 1.00. The van der Waals surface area contributed by atoms with Gasteiger partial charge in [-0.1, -0.05) is 32.6 Å². The molecule has 0 aromatic heterocycles. The molecule has 1 aliphatic heterocycles. The van der Waals surface area contributed by atoms with Gasteiger partial charge in [-0.15, -0.1) is 0 Å². The zero-order chi connectivity index (χ0) is 11.4. The van der Waals surface area contributed by atoms with Gasteiger partial charge < -0.3 is 10.2 Å². The van der Waals surface area contributed by atoms with Crippen LogP contribution in [-0.4, -0.2) is 37.1 Å². The van der Waals surface area contributed by atoms with Crippen molar-refractivity contribution >= 4 is 0 Å². The molecule has 0 aromatic rings. The maximum atomic E-state index is 3.81. The zero-order valence-electron chi connectivity index (χ0n) is 11.0. The summed E-state index contributed by atoms with van der Waals surface area (Å²) < 4.78 is 0. The summed E-state index contributed by atoms with van der Waals surface area (Å²) in [6.45, 7) is 4.78. The second-order valence-electron chi connectivity index (χ2n) is 5.79. The number of hydrogen-bond donors (Lipinski definition) is 1. The zero-order valence-corrected chi connectivity index (χ0v) is 11.0. The fourth-order valence-corrected chi connectivity index (χ4v) is 3.48. The summed E-state index contributed by atoms with van der Waals surface area (Å²) in [4.78, 5) is 2.60. The van der Waals surface area contributed by atoms with E-state index in [0.29, 0.717) is 0 Å². The van der Waals surface area contributed by atoms with Crippen molar-refractivity contribution in [3.63, 3.8) is 0 Å². The van der Waals surface area contributed by atoms with E-state index < -0.39 is 0 Å². The molecule has 2 aliphatic rings. The Morgan fingerprint density at radius 3 is 2.56 bits per heavy atom. The monoisotopic (exact) mass is 224 g/mol. The predicted octanol–water partition coefficient (Wildman–Crippen LogP) is 2.64. The van der Waals surface area contributed by atoms with Gasteiger partial charge in [-0.25, -0.2) is 0 Å². The van der Waals surface area contributed by atoms with Crippen LogP contribution in [0, 0.1) is 5.92 Å². The Labute approximate surface area is 101 Å². The van der Waals surface area contributed by atoms with Crippen LogP contribution in [0.4, 0.5) is 0 Å². The second kappa shape index (κ2) is 6.02. The van der Waals surface area contributed by atoms with E-state index >= 15 is 0 Å². The summed E-state index contributed by atoms with van der Waals surface area (Å²) in [5, 5.41) is 3.81. The molecule has 2 fully saturated rings. The van der Waals surface area contributed by atoms with Crippen LogP contribution in [-0.2, 0) is 0 Å². The molecule has 2 rings (SSSR count). The van der Waals surface area contributed by atoms with Crippen LogP contribution in [0.2, 0.25) is 0 Å². The van der Waals surface area contributed by atoms with Crippen LogP contribution in [0.5, 0.6) is 0 Å². The van der Waals surface area contributed by atoms with Crippen LogP contribution >= 0.6 is 0 Å². The molecule has 0 bridgehead atoms. The van der Waals surface area contributed by atoms with Crippen LogP contribution in [0.15, 0.2) is 0 Å². The Hall–Kier alpha value is -0.0800. The number of likely N-dealkylation sites (N-methyl/N-ethyl adjacent to an activating group) is 1. The van der Waals surface area contributed by atoms with Crippen LogP contribution < -0.4 is 5.32 Å². The van der Waals surface area contributed by atoms with Crippen molar-refractivity contribution in [3.05, 3.63) is 0 Å². The van der Waals surface area contributed by atoms with E-state index in [9.17, 15) is 0 Å². The highest BCUT2D eigenvalue weighted by Gasteiger charge is 2.30. The number of piperazine rings is 1. The lowest BCUT2D eigenvalue weighted by Crippen LogP contribution is -2.57. The average Bonchev–Trinajstić information content (AvgIpc) is 2.33. The first-order valence-electron chi connectivity index (χ1n) is 7.25. The summed E-state index contributed by atoms with van der Waals surface area (Å²) in [6.07, 6.45) is 9.98. The lowest BCUT2D eigenvalue weighted by molar-refractivity contribution is 0.114. The Bertz CT molecular complexity index is 199. The van der Waals surface area contributed by atoms with Gasteiger partial charge in [0.25, 0.3) is 0 Å². The summed E-state index contributed by atoms with van der Waals surface area (Å²) in [6, 6.07) is 1.56. The molecule has 2 nitrogen and oxygen atoms in total. The molecule has 2 heteroatoms. The van der Waals surface area contributed by atoms with E-state index in [1.54, 1.807) is 0 Å². The van der Waals surface area contributed by atoms with E-state index in [0.717, 1.165) is 18.0 Å². The molecular weight excluding hydrogens is 196 g/mol. The van der Waals surface area contributed by atoms with Gasteiger partial charge in [0.05, 0.1) is 0 Å². The Balaban J connectivity index is 1.81. The van der Waals surface area contributed by atoms with E-state index in [1.165, 1.54) is 58.0 Å². The largest absolute Gasteiger partial charge is 0.311 e. The molecule has 0 aromatic carbocycles. The Kier molecular flexibility index (Phi) is 4.66. The fourth-order valence-electron chi connectivity index (χ4n) is 3.48. The summed E-state index contributed by atoms with van der Waals surface area (Å²) in [5.41, 5.74) is 0. The molecule has 2 unspecified atom stereocenters. The molecule has 1 saturated carbocycles. The minimum atomic E-state index is 0.776. The molecule has 16 heavy (non-hydrogen) atoms. The Morgan fingerprint density at radius 2 is 1.94 bits per heavy atom. The molecule has 0 radical (unpaired) electrons. The van der Waals surface area contributed by atoms with Crippen molar-refractivity contribution < 1.29 is 0 Å². The first kappa shape index (κ1) is 12.4. The molecule has 1 saturated heterocycles. The summed E-state index contributed by atoms with van der Waals surface area (Å²) in [5.74, 6) is 0.957. The van der Waals surface area contributed by atoms with Gasteiger partial charge >= 0.3 is 0 Å². The van der Waals surface area contributed by atoms with Gasteiger partial charge in [-0.3, -0.25) is 0 Å². The quantitative estimate of drug-likeness (QED) is 0.793. The van der Waals surface area contributed by atoms with E-state index in [2.05, 4.69) is 24.2 Å². The molecule has 1 N–H and O–H groups in total. The number of hydrogen-bond acceptors (Lipinski definition) is 2. The maximum Gasteiger partial charge on any atom is 0.0223 e. The molecule has 94 valence electrons. The minimum absolute atomic E-state index is 0.776. The first-order valence-corrected chi connectivity index (χ1v) is 7.25. The lowest BCUT2D eigenvalue weighted by atomic mass is 9.82. The van der Waals surface area contributed by atoms with Crippen molar-refractivity contribution in [3.8, 4) is 0 Å². The van der Waals surface area contributed by atoms with Crippen LogP contribution in [0.25, 0.3) is 0 Å². The molecular formula is C14H28N2. The van der Waals surface area contributed by atoms with Crippen molar-refractivity contribution in [2.24, 2.45) is 5.92 Å². The van der Waals surface area contributed by atoms with Crippen molar-refractivity contribution in [1.29, 1.82) is 0 Å².